The number of ether oxygens (including phenoxy) is 1. The molecular weight excluding hydrogens is 327 g/mol. The number of hydrogen-bond acceptors (Lipinski definition) is 4. The Kier molecular flexibility index (Phi) is 3.35. The molecule has 102 valence electrons. The molecule has 7 heteroatoms. The molecule has 0 N–H and O–H groups in total. The lowest BCUT2D eigenvalue weighted by Gasteiger charge is -2.05. The molecule has 0 fully saturated rings. The van der Waals surface area contributed by atoms with Gasteiger partial charge in [0.25, 0.3) is 0 Å². The number of methoxy groups -OCH3 is 1. The van der Waals surface area contributed by atoms with Crippen LogP contribution in [0.2, 0.25) is 0 Å². The first-order valence-electron chi connectivity index (χ1n) is 5.84. The predicted octanol–water partition coefficient (Wildman–Crippen LogP) is 3.06. The lowest BCUT2D eigenvalue weighted by Crippen LogP contribution is -2.00. The molecule has 0 saturated carbocycles. The maximum absolute atomic E-state index is 12.7. The second-order valence-electron chi connectivity index (χ2n) is 4.11. The molecule has 0 unspecified atom stereocenters. The van der Waals surface area contributed by atoms with Crippen molar-refractivity contribution in [1.82, 2.24) is 19.7 Å². The normalized spacial score (nSPS) is 10.9. The highest BCUT2D eigenvalue weighted by Gasteiger charge is 2.12. The first-order valence-corrected chi connectivity index (χ1v) is 6.63. The molecule has 0 bridgehead atoms. The summed E-state index contributed by atoms with van der Waals surface area (Å²) in [6, 6.07) is 8.75. The van der Waals surface area contributed by atoms with E-state index in [9.17, 15) is 4.39 Å². The Morgan fingerprint density at radius 3 is 2.75 bits per heavy atom. The summed E-state index contributed by atoms with van der Waals surface area (Å²) in [5.74, 6) is 1.04. The molecule has 2 heterocycles. The van der Waals surface area contributed by atoms with Crippen LogP contribution in [-0.2, 0) is 6.67 Å². The number of nitrogens with zero attached hydrogens (tertiary/aromatic N) is 4. The minimum atomic E-state index is -0.511. The zero-order valence-electron chi connectivity index (χ0n) is 10.5. The van der Waals surface area contributed by atoms with E-state index in [-0.39, 0.29) is 0 Å². The molecule has 0 aliphatic rings. The van der Waals surface area contributed by atoms with Crippen LogP contribution >= 0.6 is 15.9 Å². The number of rotatable bonds is 3. The molecular formula is C13H10BrFN4O. The number of fused-ring (bicyclic) bond motifs is 1. The maximum atomic E-state index is 12.7. The van der Waals surface area contributed by atoms with Crippen molar-refractivity contribution in [2.45, 2.75) is 6.67 Å². The van der Waals surface area contributed by atoms with Crippen LogP contribution in [0, 0.1) is 0 Å². The van der Waals surface area contributed by atoms with Crippen molar-refractivity contribution in [1.29, 1.82) is 0 Å². The average Bonchev–Trinajstić information content (AvgIpc) is 2.82. The van der Waals surface area contributed by atoms with Crippen molar-refractivity contribution in [3.05, 3.63) is 40.6 Å². The number of benzene rings is 1. The molecule has 2 aromatic heterocycles. The lowest BCUT2D eigenvalue weighted by molar-refractivity contribution is 0.391. The SMILES string of the molecule is COc1ccc(-n2c(Br)nc3cc(CF)ccc32)nn1. The van der Waals surface area contributed by atoms with Gasteiger partial charge in [-0.1, -0.05) is 6.07 Å². The average molecular weight is 337 g/mol. The molecule has 0 aliphatic carbocycles. The topological polar surface area (TPSA) is 52.8 Å². The highest BCUT2D eigenvalue weighted by atomic mass is 79.9. The van der Waals surface area contributed by atoms with Crippen molar-refractivity contribution in [3.8, 4) is 11.7 Å². The molecule has 0 radical (unpaired) electrons. The number of aromatic nitrogens is 4. The highest BCUT2D eigenvalue weighted by Crippen LogP contribution is 2.25. The Hall–Kier alpha value is -2.02. The quantitative estimate of drug-likeness (QED) is 0.737. The molecule has 0 saturated heterocycles. The van der Waals surface area contributed by atoms with Crippen molar-refractivity contribution >= 4 is 27.0 Å². The smallest absolute Gasteiger partial charge is 0.233 e. The minimum Gasteiger partial charge on any atom is -0.480 e. The summed E-state index contributed by atoms with van der Waals surface area (Å²) in [4.78, 5) is 4.35. The van der Waals surface area contributed by atoms with Gasteiger partial charge in [-0.05, 0) is 39.7 Å². The third-order valence-electron chi connectivity index (χ3n) is 2.90. The van der Waals surface area contributed by atoms with E-state index in [2.05, 4.69) is 31.1 Å². The summed E-state index contributed by atoms with van der Waals surface area (Å²) < 4.78 is 20.0. The van der Waals surface area contributed by atoms with Crippen LogP contribution in [0.25, 0.3) is 16.9 Å². The first-order chi connectivity index (χ1) is 9.72. The molecule has 20 heavy (non-hydrogen) atoms. The lowest BCUT2D eigenvalue weighted by atomic mass is 10.2. The van der Waals surface area contributed by atoms with Crippen molar-refractivity contribution < 1.29 is 9.13 Å². The van der Waals surface area contributed by atoms with Gasteiger partial charge in [-0.15, -0.1) is 10.2 Å². The second kappa shape index (κ2) is 5.16. The van der Waals surface area contributed by atoms with Crippen molar-refractivity contribution in [2.75, 3.05) is 7.11 Å². The Balaban J connectivity index is 2.16. The highest BCUT2D eigenvalue weighted by molar-refractivity contribution is 9.10. The van der Waals surface area contributed by atoms with E-state index in [1.807, 2.05) is 6.07 Å². The van der Waals surface area contributed by atoms with Gasteiger partial charge in [0.15, 0.2) is 10.6 Å². The van der Waals surface area contributed by atoms with Crippen LogP contribution in [0.15, 0.2) is 35.1 Å². The van der Waals surface area contributed by atoms with Gasteiger partial charge in [0.05, 0.1) is 18.1 Å². The molecule has 1 aromatic carbocycles. The molecule has 5 nitrogen and oxygen atoms in total. The van der Waals surface area contributed by atoms with E-state index >= 15 is 0 Å². The van der Waals surface area contributed by atoms with E-state index in [0.717, 1.165) is 5.52 Å². The molecule has 0 atom stereocenters. The first kappa shape index (κ1) is 13.0. The second-order valence-corrected chi connectivity index (χ2v) is 4.82. The van der Waals surface area contributed by atoms with Crippen LogP contribution in [0.5, 0.6) is 5.88 Å². The van der Waals surface area contributed by atoms with Crippen LogP contribution in [0.4, 0.5) is 4.39 Å². The van der Waals surface area contributed by atoms with Crippen LogP contribution in [-0.4, -0.2) is 26.9 Å². The van der Waals surface area contributed by atoms with Crippen molar-refractivity contribution in [3.63, 3.8) is 0 Å². The fourth-order valence-corrected chi connectivity index (χ4v) is 2.50. The summed E-state index contributed by atoms with van der Waals surface area (Å²) in [5.41, 5.74) is 2.12. The molecule has 0 amide bonds. The zero-order valence-corrected chi connectivity index (χ0v) is 12.1. The summed E-state index contributed by atoms with van der Waals surface area (Å²) in [6.45, 7) is -0.511. The Morgan fingerprint density at radius 2 is 2.10 bits per heavy atom. The predicted molar refractivity (Wildman–Crippen MR) is 75.7 cm³/mol. The maximum Gasteiger partial charge on any atom is 0.233 e. The van der Waals surface area contributed by atoms with Gasteiger partial charge in [-0.25, -0.2) is 9.37 Å². The van der Waals surface area contributed by atoms with E-state index in [0.29, 0.717) is 27.5 Å². The standard InChI is InChI=1S/C13H10BrFN4O/c1-20-12-5-4-11(17-18-12)19-10-3-2-8(7-15)6-9(10)16-13(19)14/h2-6H,7H2,1H3. The third-order valence-corrected chi connectivity index (χ3v) is 3.43. The van der Waals surface area contributed by atoms with E-state index < -0.39 is 6.67 Å². The van der Waals surface area contributed by atoms with Crippen molar-refractivity contribution in [2.24, 2.45) is 0 Å². The van der Waals surface area contributed by atoms with E-state index in [1.54, 1.807) is 28.8 Å². The Bertz CT molecular complexity index is 757. The largest absolute Gasteiger partial charge is 0.480 e. The Labute approximate surface area is 122 Å². The summed E-state index contributed by atoms with van der Waals surface area (Å²) >= 11 is 3.39. The van der Waals surface area contributed by atoms with Gasteiger partial charge < -0.3 is 4.74 Å². The molecule has 0 aliphatic heterocycles. The van der Waals surface area contributed by atoms with Gasteiger partial charge >= 0.3 is 0 Å². The van der Waals surface area contributed by atoms with Crippen LogP contribution in [0.1, 0.15) is 5.56 Å². The fourth-order valence-electron chi connectivity index (χ4n) is 1.94. The van der Waals surface area contributed by atoms with Crippen LogP contribution < -0.4 is 4.74 Å². The summed E-state index contributed by atoms with van der Waals surface area (Å²) in [5, 5.41) is 8.02. The summed E-state index contributed by atoms with van der Waals surface area (Å²) in [6.07, 6.45) is 0. The van der Waals surface area contributed by atoms with Gasteiger partial charge in [0, 0.05) is 6.07 Å². The van der Waals surface area contributed by atoms with Crippen LogP contribution in [0.3, 0.4) is 0 Å². The van der Waals surface area contributed by atoms with E-state index in [4.69, 9.17) is 4.74 Å². The number of halogens is 2. The minimum absolute atomic E-state index is 0.439. The monoisotopic (exact) mass is 336 g/mol. The van der Waals surface area contributed by atoms with E-state index in [1.165, 1.54) is 7.11 Å². The molecule has 3 aromatic rings. The molecule has 0 spiro atoms. The fraction of sp³-hybridized carbons (Fsp3) is 0.154. The third kappa shape index (κ3) is 2.14. The zero-order chi connectivity index (χ0) is 14.1. The van der Waals surface area contributed by atoms with Gasteiger partial charge in [-0.3, -0.25) is 4.57 Å². The number of alkyl halides is 1. The van der Waals surface area contributed by atoms with Gasteiger partial charge in [-0.2, -0.15) is 0 Å². The number of imidazole rings is 1. The van der Waals surface area contributed by atoms with Gasteiger partial charge in [0.1, 0.15) is 6.67 Å². The van der Waals surface area contributed by atoms with Gasteiger partial charge in [0.2, 0.25) is 5.88 Å². The Morgan fingerprint density at radius 1 is 1.25 bits per heavy atom. The molecule has 3 rings (SSSR count). The summed E-state index contributed by atoms with van der Waals surface area (Å²) in [7, 11) is 1.53. The number of hydrogen-bond donors (Lipinski definition) is 0.